The van der Waals surface area contributed by atoms with Crippen molar-refractivity contribution in [3.05, 3.63) is 53.6 Å². The van der Waals surface area contributed by atoms with Gasteiger partial charge in [0.25, 0.3) is 0 Å². The summed E-state index contributed by atoms with van der Waals surface area (Å²) in [5, 5.41) is 0. The molecule has 2 aromatic rings. The molecule has 0 spiro atoms. The maximum Gasteiger partial charge on any atom is 0.305 e. The standard InChI is InChI=1S/C27H36N2O3S/c1-3-4-10-27(30)32-18-7-13-28-14-16-29(17-15-28)24-19-21-8-5-6-9-25(21)33-26-12-11-22(31-2)20-23(24)26/h5-6,8-9,11-12,20,24H,3-4,7,10,13-19H2,1-2H3/p+2/t24-/m1/s1. The Hall–Kier alpha value is -2.02. The van der Waals surface area contributed by atoms with E-state index in [0.29, 0.717) is 19.1 Å². The Bertz CT molecular complexity index is 927. The molecule has 2 heterocycles. The van der Waals surface area contributed by atoms with E-state index in [9.17, 15) is 4.79 Å². The van der Waals surface area contributed by atoms with Crippen LogP contribution in [0.5, 0.6) is 5.75 Å². The third kappa shape index (κ3) is 6.31. The van der Waals surface area contributed by atoms with Gasteiger partial charge >= 0.3 is 5.97 Å². The normalized spacial score (nSPS) is 22.1. The minimum absolute atomic E-state index is 0.0401. The molecule has 6 heteroatoms. The molecule has 5 nitrogen and oxygen atoms in total. The van der Waals surface area contributed by atoms with E-state index >= 15 is 0 Å². The summed E-state index contributed by atoms with van der Waals surface area (Å²) in [5.41, 5.74) is 2.88. The Morgan fingerprint density at radius 3 is 2.67 bits per heavy atom. The summed E-state index contributed by atoms with van der Waals surface area (Å²) in [7, 11) is 1.76. The summed E-state index contributed by atoms with van der Waals surface area (Å²) in [6, 6.07) is 15.9. The van der Waals surface area contributed by atoms with Gasteiger partial charge in [-0.1, -0.05) is 43.3 Å². The van der Waals surface area contributed by atoms with Gasteiger partial charge in [-0.05, 0) is 36.2 Å². The van der Waals surface area contributed by atoms with Crippen molar-refractivity contribution in [2.24, 2.45) is 0 Å². The number of carbonyl (C=O) groups is 1. The highest BCUT2D eigenvalue weighted by Gasteiger charge is 2.34. The van der Waals surface area contributed by atoms with E-state index in [1.807, 2.05) is 11.8 Å². The molecular weight excluding hydrogens is 432 g/mol. The molecule has 2 aliphatic heterocycles. The number of carbonyl (C=O) groups excluding carboxylic acids is 1. The van der Waals surface area contributed by atoms with Crippen molar-refractivity contribution in [2.45, 2.75) is 54.9 Å². The molecule has 2 aromatic carbocycles. The van der Waals surface area contributed by atoms with Crippen molar-refractivity contribution >= 4 is 17.7 Å². The number of hydrogen-bond donors (Lipinski definition) is 2. The predicted molar refractivity (Wildman–Crippen MR) is 131 cm³/mol. The Kier molecular flexibility index (Phi) is 8.70. The van der Waals surface area contributed by atoms with Crippen LogP contribution >= 0.6 is 11.8 Å². The van der Waals surface area contributed by atoms with Crippen LogP contribution in [0.1, 0.15) is 49.8 Å². The van der Waals surface area contributed by atoms with E-state index in [1.165, 1.54) is 47.1 Å². The average Bonchev–Trinajstić information content (AvgIpc) is 3.02. The average molecular weight is 471 g/mol. The van der Waals surface area contributed by atoms with Crippen LogP contribution in [0.25, 0.3) is 0 Å². The van der Waals surface area contributed by atoms with E-state index in [-0.39, 0.29) is 5.97 Å². The SMILES string of the molecule is CCCCC(=O)OCCC[NH+]1CC[NH+]([C@@H]2Cc3ccccc3Sc3ccc(OC)cc32)CC1. The zero-order chi connectivity index (χ0) is 23.0. The van der Waals surface area contributed by atoms with Crippen molar-refractivity contribution in [1.29, 1.82) is 0 Å². The van der Waals surface area contributed by atoms with Crippen LogP contribution in [0.4, 0.5) is 0 Å². The van der Waals surface area contributed by atoms with Crippen molar-refractivity contribution in [3.63, 3.8) is 0 Å². The fourth-order valence-corrected chi connectivity index (χ4v) is 6.15. The molecule has 0 unspecified atom stereocenters. The van der Waals surface area contributed by atoms with Crippen LogP contribution in [0, 0.1) is 0 Å². The fourth-order valence-electron chi connectivity index (χ4n) is 5.03. The number of hydrogen-bond acceptors (Lipinski definition) is 4. The first-order chi connectivity index (χ1) is 16.2. The van der Waals surface area contributed by atoms with Gasteiger partial charge in [0.1, 0.15) is 38.0 Å². The lowest BCUT2D eigenvalue weighted by atomic mass is 9.96. The lowest BCUT2D eigenvalue weighted by molar-refractivity contribution is -1.03. The molecule has 1 atom stereocenters. The Labute approximate surface area is 202 Å². The summed E-state index contributed by atoms with van der Waals surface area (Å²) < 4.78 is 11.0. The molecule has 0 aliphatic carbocycles. The number of benzene rings is 2. The maximum absolute atomic E-state index is 11.7. The number of methoxy groups -OCH3 is 1. The van der Waals surface area contributed by atoms with Gasteiger partial charge in [-0.25, -0.2) is 0 Å². The second-order valence-corrected chi connectivity index (χ2v) is 10.3. The van der Waals surface area contributed by atoms with E-state index in [0.717, 1.165) is 38.0 Å². The molecule has 178 valence electrons. The summed E-state index contributed by atoms with van der Waals surface area (Å²) in [6.07, 6.45) is 4.54. The largest absolute Gasteiger partial charge is 0.497 e. The summed E-state index contributed by atoms with van der Waals surface area (Å²) in [5.74, 6) is 0.907. The van der Waals surface area contributed by atoms with Crippen molar-refractivity contribution in [1.82, 2.24) is 0 Å². The molecule has 1 fully saturated rings. The quantitative estimate of drug-likeness (QED) is 0.436. The summed E-state index contributed by atoms with van der Waals surface area (Å²) in [4.78, 5) is 17.7. The number of rotatable bonds is 9. The fraction of sp³-hybridized carbons (Fsp3) is 0.519. The summed E-state index contributed by atoms with van der Waals surface area (Å²) in [6.45, 7) is 8.42. The molecule has 0 saturated carbocycles. The number of nitrogens with one attached hydrogen (secondary N) is 2. The predicted octanol–water partition coefficient (Wildman–Crippen LogP) is 2.35. The monoisotopic (exact) mass is 470 g/mol. The first-order valence-electron chi connectivity index (χ1n) is 12.5. The molecule has 0 amide bonds. The zero-order valence-electron chi connectivity index (χ0n) is 20.0. The minimum Gasteiger partial charge on any atom is -0.497 e. The van der Waals surface area contributed by atoms with E-state index < -0.39 is 0 Å². The van der Waals surface area contributed by atoms with Crippen molar-refractivity contribution < 1.29 is 24.1 Å². The third-order valence-corrected chi connectivity index (χ3v) is 8.18. The van der Waals surface area contributed by atoms with Gasteiger partial charge in [0, 0.05) is 34.6 Å². The number of fused-ring (bicyclic) bond motifs is 2. The molecule has 0 radical (unpaired) electrons. The van der Waals surface area contributed by atoms with E-state index in [2.05, 4.69) is 49.4 Å². The maximum atomic E-state index is 11.7. The lowest BCUT2D eigenvalue weighted by Gasteiger charge is -2.35. The van der Waals surface area contributed by atoms with Crippen LogP contribution in [-0.4, -0.2) is 52.4 Å². The number of unbranched alkanes of at least 4 members (excludes halogenated alkanes) is 1. The van der Waals surface area contributed by atoms with Gasteiger partial charge in [-0.3, -0.25) is 4.79 Å². The van der Waals surface area contributed by atoms with Gasteiger partial charge in [0.15, 0.2) is 0 Å². The molecule has 2 aliphatic rings. The second kappa shape index (κ2) is 11.9. The van der Waals surface area contributed by atoms with Crippen molar-refractivity contribution in [2.75, 3.05) is 46.4 Å². The number of piperazine rings is 1. The highest BCUT2D eigenvalue weighted by atomic mass is 32.2. The van der Waals surface area contributed by atoms with Crippen molar-refractivity contribution in [3.8, 4) is 5.75 Å². The van der Waals surface area contributed by atoms with Crippen LogP contribution in [-0.2, 0) is 16.0 Å². The number of esters is 1. The molecular formula is C27H38N2O3S+2. The molecule has 0 bridgehead atoms. The van der Waals surface area contributed by atoms with Gasteiger partial charge in [-0.15, -0.1) is 0 Å². The first kappa shape index (κ1) is 24.1. The van der Waals surface area contributed by atoms with E-state index in [4.69, 9.17) is 9.47 Å². The Morgan fingerprint density at radius 1 is 1.06 bits per heavy atom. The van der Waals surface area contributed by atoms with Gasteiger partial charge in [0.2, 0.25) is 0 Å². The highest BCUT2D eigenvalue weighted by Crippen LogP contribution is 2.41. The van der Waals surface area contributed by atoms with Crippen LogP contribution in [0.3, 0.4) is 0 Å². The zero-order valence-corrected chi connectivity index (χ0v) is 20.8. The summed E-state index contributed by atoms with van der Waals surface area (Å²) >= 11 is 1.90. The molecule has 0 aromatic heterocycles. The van der Waals surface area contributed by atoms with E-state index in [1.54, 1.807) is 16.9 Å². The van der Waals surface area contributed by atoms with Gasteiger partial charge in [0.05, 0.1) is 20.3 Å². The van der Waals surface area contributed by atoms with Crippen LogP contribution in [0.2, 0.25) is 0 Å². The van der Waals surface area contributed by atoms with Gasteiger partial charge in [-0.2, -0.15) is 0 Å². The van der Waals surface area contributed by atoms with Crippen LogP contribution in [0.15, 0.2) is 52.3 Å². The topological polar surface area (TPSA) is 44.4 Å². The minimum atomic E-state index is -0.0401. The molecule has 1 saturated heterocycles. The molecule has 33 heavy (non-hydrogen) atoms. The first-order valence-corrected chi connectivity index (χ1v) is 13.3. The second-order valence-electron chi connectivity index (χ2n) is 9.21. The third-order valence-electron chi connectivity index (χ3n) is 6.97. The number of quaternary nitrogens is 2. The van der Waals surface area contributed by atoms with Gasteiger partial charge < -0.3 is 19.3 Å². The molecule has 4 rings (SSSR count). The Morgan fingerprint density at radius 2 is 1.88 bits per heavy atom. The molecule has 2 N–H and O–H groups in total. The smallest absolute Gasteiger partial charge is 0.305 e. The Balaban J connectivity index is 1.36. The lowest BCUT2D eigenvalue weighted by Crippen LogP contribution is -3.28. The number of ether oxygens (including phenoxy) is 2. The highest BCUT2D eigenvalue weighted by molar-refractivity contribution is 7.99. The van der Waals surface area contributed by atoms with Crippen LogP contribution < -0.4 is 14.5 Å².